The van der Waals surface area contributed by atoms with Gasteiger partial charge in [0.2, 0.25) is 11.8 Å². The molecule has 0 amide bonds. The fourth-order valence-corrected chi connectivity index (χ4v) is 5.15. The van der Waals surface area contributed by atoms with Crippen LogP contribution in [0.2, 0.25) is 0 Å². The molecule has 5 rings (SSSR count). The lowest BCUT2D eigenvalue weighted by Crippen LogP contribution is -2.46. The van der Waals surface area contributed by atoms with Gasteiger partial charge in [-0.25, -0.2) is 9.78 Å². The van der Waals surface area contributed by atoms with Gasteiger partial charge in [0.15, 0.2) is 0 Å². The zero-order chi connectivity index (χ0) is 30.3. The molecule has 9 heteroatoms. The predicted molar refractivity (Wildman–Crippen MR) is 163 cm³/mol. The minimum atomic E-state index is -0.544. The Bertz CT molecular complexity index is 1690. The van der Waals surface area contributed by atoms with E-state index in [-0.39, 0.29) is 18.1 Å². The number of carbonyl (C=O) groups is 1. The summed E-state index contributed by atoms with van der Waals surface area (Å²) in [4.78, 5) is 26.5. The molecule has 1 aromatic heterocycles. The predicted octanol–water partition coefficient (Wildman–Crippen LogP) is 5.80. The monoisotopic (exact) mass is 572 g/mol. The Morgan fingerprint density at radius 3 is 2.26 bits per heavy atom. The van der Waals surface area contributed by atoms with Crippen molar-refractivity contribution >= 4 is 11.9 Å². The van der Waals surface area contributed by atoms with Gasteiger partial charge < -0.3 is 14.4 Å². The van der Waals surface area contributed by atoms with Crippen LogP contribution in [0.15, 0.2) is 66.9 Å². The topological polar surface area (TPSA) is 115 Å². The van der Waals surface area contributed by atoms with E-state index in [1.165, 1.54) is 6.20 Å². The fourth-order valence-electron chi connectivity index (χ4n) is 5.15. The summed E-state index contributed by atoms with van der Waals surface area (Å²) in [7, 11) is 0. The Hall–Kier alpha value is -5.25. The van der Waals surface area contributed by atoms with Crippen molar-refractivity contribution in [2.75, 3.05) is 37.7 Å². The van der Waals surface area contributed by atoms with Crippen LogP contribution in [0.3, 0.4) is 0 Å². The van der Waals surface area contributed by atoms with Crippen molar-refractivity contribution in [2.45, 2.75) is 27.3 Å². The molecule has 1 saturated heterocycles. The van der Waals surface area contributed by atoms with Crippen LogP contribution >= 0.6 is 0 Å². The van der Waals surface area contributed by atoms with E-state index in [1.54, 1.807) is 19.1 Å². The number of aryl methyl sites for hydroxylation is 2. The number of carbonyl (C=O) groups excluding carboxylic acids is 1. The molecule has 216 valence electrons. The lowest BCUT2D eigenvalue weighted by atomic mass is 9.99. The van der Waals surface area contributed by atoms with Gasteiger partial charge in [0, 0.05) is 32.7 Å². The van der Waals surface area contributed by atoms with Crippen molar-refractivity contribution in [2.24, 2.45) is 0 Å². The number of esters is 1. The summed E-state index contributed by atoms with van der Waals surface area (Å²) in [5.41, 5.74) is 6.28. The van der Waals surface area contributed by atoms with Gasteiger partial charge in [-0.1, -0.05) is 24.3 Å². The van der Waals surface area contributed by atoms with Crippen LogP contribution in [0, 0.1) is 36.5 Å². The highest BCUT2D eigenvalue weighted by molar-refractivity contribution is 5.91. The summed E-state index contributed by atoms with van der Waals surface area (Å²) in [5, 5.41) is 18.3. The second-order valence-electron chi connectivity index (χ2n) is 10.4. The van der Waals surface area contributed by atoms with Crippen LogP contribution in [-0.2, 0) is 11.3 Å². The number of piperazine rings is 1. The molecule has 0 radical (unpaired) electrons. The second kappa shape index (κ2) is 13.2. The number of benzene rings is 3. The molecular formula is C34H32N6O3. The van der Waals surface area contributed by atoms with Gasteiger partial charge in [0.05, 0.1) is 36.1 Å². The Kier molecular flexibility index (Phi) is 8.95. The minimum Gasteiger partial charge on any atom is -0.462 e. The number of ether oxygens (including phenoxy) is 2. The van der Waals surface area contributed by atoms with Gasteiger partial charge >= 0.3 is 5.97 Å². The summed E-state index contributed by atoms with van der Waals surface area (Å²) in [6, 6.07) is 23.5. The smallest absolute Gasteiger partial charge is 0.345 e. The fraction of sp³-hybridized carbons (Fsp3) is 0.265. The zero-order valence-electron chi connectivity index (χ0n) is 24.5. The van der Waals surface area contributed by atoms with Crippen molar-refractivity contribution in [3.63, 3.8) is 0 Å². The molecule has 43 heavy (non-hydrogen) atoms. The van der Waals surface area contributed by atoms with Crippen LogP contribution < -0.4 is 9.64 Å². The molecule has 9 nitrogen and oxygen atoms in total. The minimum absolute atomic E-state index is 0.150. The van der Waals surface area contributed by atoms with Crippen molar-refractivity contribution in [3.8, 4) is 34.9 Å². The van der Waals surface area contributed by atoms with Gasteiger partial charge in [-0.3, -0.25) is 4.90 Å². The Morgan fingerprint density at radius 2 is 1.60 bits per heavy atom. The van der Waals surface area contributed by atoms with Crippen LogP contribution in [0.4, 0.5) is 5.95 Å². The number of aromatic nitrogens is 2. The summed E-state index contributed by atoms with van der Waals surface area (Å²) in [6.45, 7) is 9.63. The molecule has 0 aliphatic carbocycles. The normalized spacial score (nSPS) is 13.2. The van der Waals surface area contributed by atoms with E-state index < -0.39 is 5.97 Å². The van der Waals surface area contributed by atoms with Crippen LogP contribution in [0.5, 0.6) is 11.6 Å². The number of nitriles is 2. The molecule has 2 heterocycles. The van der Waals surface area contributed by atoms with E-state index in [0.29, 0.717) is 35.9 Å². The molecule has 4 aromatic rings. The quantitative estimate of drug-likeness (QED) is 0.242. The van der Waals surface area contributed by atoms with Gasteiger partial charge in [-0.15, -0.1) is 0 Å². The Balaban J connectivity index is 1.36. The number of nitrogens with zero attached hydrogens (tertiary/aromatic N) is 6. The molecule has 0 unspecified atom stereocenters. The SMILES string of the molecule is CCOC(=O)c1cnc(N2CCN(Cc3cccc(C#N)c3)CC2)nc1Oc1c(C)cc(-c2ccc(C#N)cc2)cc1C. The van der Waals surface area contributed by atoms with E-state index in [1.807, 2.05) is 62.4 Å². The summed E-state index contributed by atoms with van der Waals surface area (Å²) >= 11 is 0. The summed E-state index contributed by atoms with van der Waals surface area (Å²) in [6.07, 6.45) is 1.48. The van der Waals surface area contributed by atoms with Crippen molar-refractivity contribution < 1.29 is 14.3 Å². The third-order valence-corrected chi connectivity index (χ3v) is 7.36. The van der Waals surface area contributed by atoms with Crippen molar-refractivity contribution in [3.05, 3.63) is 100 Å². The molecule has 1 aliphatic heterocycles. The van der Waals surface area contributed by atoms with E-state index in [0.717, 1.165) is 47.5 Å². The van der Waals surface area contributed by atoms with E-state index in [4.69, 9.17) is 19.7 Å². The molecule has 1 aliphatic rings. The average Bonchev–Trinajstić information content (AvgIpc) is 3.03. The van der Waals surface area contributed by atoms with Crippen molar-refractivity contribution in [1.82, 2.24) is 14.9 Å². The van der Waals surface area contributed by atoms with Gasteiger partial charge in [0.1, 0.15) is 11.3 Å². The summed E-state index contributed by atoms with van der Waals surface area (Å²) in [5.74, 6) is 0.699. The number of hydrogen-bond donors (Lipinski definition) is 0. The van der Waals surface area contributed by atoms with Crippen LogP contribution in [0.25, 0.3) is 11.1 Å². The first-order valence-corrected chi connectivity index (χ1v) is 14.2. The zero-order valence-corrected chi connectivity index (χ0v) is 24.5. The molecule has 0 N–H and O–H groups in total. The average molecular weight is 573 g/mol. The maximum Gasteiger partial charge on any atom is 0.345 e. The van der Waals surface area contributed by atoms with E-state index in [9.17, 15) is 10.1 Å². The highest BCUT2D eigenvalue weighted by atomic mass is 16.5. The highest BCUT2D eigenvalue weighted by Gasteiger charge is 2.24. The Morgan fingerprint density at radius 1 is 0.907 bits per heavy atom. The lowest BCUT2D eigenvalue weighted by Gasteiger charge is -2.34. The molecule has 0 saturated carbocycles. The van der Waals surface area contributed by atoms with Gasteiger partial charge in [0.25, 0.3) is 0 Å². The molecule has 0 spiro atoms. The number of anilines is 1. The molecular weight excluding hydrogens is 540 g/mol. The lowest BCUT2D eigenvalue weighted by molar-refractivity contribution is 0.0522. The first-order valence-electron chi connectivity index (χ1n) is 14.2. The second-order valence-corrected chi connectivity index (χ2v) is 10.4. The maximum absolute atomic E-state index is 12.8. The highest BCUT2D eigenvalue weighted by Crippen LogP contribution is 2.35. The van der Waals surface area contributed by atoms with Crippen LogP contribution in [-0.4, -0.2) is 53.6 Å². The molecule has 0 atom stereocenters. The van der Waals surface area contributed by atoms with Crippen molar-refractivity contribution in [1.29, 1.82) is 10.5 Å². The third kappa shape index (κ3) is 6.81. The standard InChI is InChI=1S/C34H32N6O3/c1-4-42-33(41)30-21-37-34(40-14-12-39(13-15-40)22-27-7-5-6-26(18-27)20-36)38-32(30)43-31-23(2)16-29(17-24(31)3)28-10-8-25(19-35)9-11-28/h5-11,16-18,21H,4,12-15,22H2,1-3H3. The molecule has 3 aromatic carbocycles. The molecule has 0 bridgehead atoms. The first-order chi connectivity index (χ1) is 20.9. The maximum atomic E-state index is 12.8. The van der Waals surface area contributed by atoms with E-state index in [2.05, 4.69) is 26.9 Å². The first kappa shape index (κ1) is 29.2. The Labute approximate surface area is 251 Å². The summed E-state index contributed by atoms with van der Waals surface area (Å²) < 4.78 is 11.6. The molecule has 1 fully saturated rings. The third-order valence-electron chi connectivity index (χ3n) is 7.36. The van der Waals surface area contributed by atoms with Gasteiger partial charge in [-0.2, -0.15) is 15.5 Å². The number of hydrogen-bond acceptors (Lipinski definition) is 9. The largest absolute Gasteiger partial charge is 0.462 e. The van der Waals surface area contributed by atoms with E-state index >= 15 is 0 Å². The van der Waals surface area contributed by atoms with Gasteiger partial charge in [-0.05, 0) is 85.0 Å². The number of rotatable bonds is 8. The van der Waals surface area contributed by atoms with Crippen LogP contribution in [0.1, 0.15) is 45.1 Å².